The minimum absolute atomic E-state index is 0.144. The van der Waals surface area contributed by atoms with Crippen molar-refractivity contribution in [3.63, 3.8) is 0 Å². The second-order valence-corrected chi connectivity index (χ2v) is 6.14. The molecule has 1 aliphatic rings. The van der Waals surface area contributed by atoms with Gasteiger partial charge in [-0.3, -0.25) is 0 Å². The molecule has 0 saturated carbocycles. The summed E-state index contributed by atoms with van der Waals surface area (Å²) in [4.78, 5) is 4.57. The molecule has 0 radical (unpaired) electrons. The van der Waals surface area contributed by atoms with Crippen molar-refractivity contribution in [2.75, 3.05) is 13.7 Å². The Morgan fingerprint density at radius 2 is 1.83 bits per heavy atom. The van der Waals surface area contributed by atoms with Crippen molar-refractivity contribution in [1.82, 2.24) is 0 Å². The maximum Gasteiger partial charge on any atom is 0.216 e. The van der Waals surface area contributed by atoms with Gasteiger partial charge in [-0.2, -0.15) is 0 Å². The van der Waals surface area contributed by atoms with Gasteiger partial charge in [0.15, 0.2) is 0 Å². The Labute approximate surface area is 136 Å². The number of benzene rings is 2. The third kappa shape index (κ3) is 3.65. The monoisotopic (exact) mass is 311 g/mol. The number of nitrogens with zero attached hydrogens (tertiary/aromatic N) is 1. The molecule has 0 unspecified atom stereocenters. The van der Waals surface area contributed by atoms with E-state index in [-0.39, 0.29) is 5.54 Å². The lowest BCUT2D eigenvalue weighted by Crippen LogP contribution is -2.17. The van der Waals surface area contributed by atoms with Crippen molar-refractivity contribution in [1.29, 1.82) is 0 Å². The highest BCUT2D eigenvalue weighted by molar-refractivity contribution is 5.95. The van der Waals surface area contributed by atoms with Crippen LogP contribution < -0.4 is 9.47 Å². The molecule has 3 rings (SSSR count). The Bertz CT molecular complexity index is 705. The van der Waals surface area contributed by atoms with Crippen LogP contribution in [0.25, 0.3) is 0 Å². The summed E-state index contributed by atoms with van der Waals surface area (Å²) in [6.45, 7) is 5.21. The van der Waals surface area contributed by atoms with Crippen molar-refractivity contribution in [3.8, 4) is 11.5 Å². The largest absolute Gasteiger partial charge is 0.496 e. The summed E-state index contributed by atoms with van der Waals surface area (Å²) in [7, 11) is 1.66. The predicted octanol–water partition coefficient (Wildman–Crippen LogP) is 3.83. The zero-order valence-corrected chi connectivity index (χ0v) is 13.7. The van der Waals surface area contributed by atoms with Crippen LogP contribution in [0.15, 0.2) is 53.5 Å². The van der Waals surface area contributed by atoms with E-state index in [0.29, 0.717) is 19.1 Å². The molecule has 1 heterocycles. The van der Waals surface area contributed by atoms with Crippen LogP contribution >= 0.6 is 0 Å². The van der Waals surface area contributed by atoms with Gasteiger partial charge in [-0.15, -0.1) is 0 Å². The van der Waals surface area contributed by atoms with Crippen LogP contribution in [0.3, 0.4) is 0 Å². The molecule has 4 nitrogen and oxygen atoms in total. The molecule has 2 aromatic rings. The zero-order chi connectivity index (χ0) is 16.3. The lowest BCUT2D eigenvalue weighted by atomic mass is 10.1. The van der Waals surface area contributed by atoms with Gasteiger partial charge in [-0.1, -0.05) is 18.2 Å². The van der Waals surface area contributed by atoms with Gasteiger partial charge >= 0.3 is 0 Å². The molecule has 0 aliphatic carbocycles. The molecular formula is C19H21NO3. The quantitative estimate of drug-likeness (QED) is 0.842. The SMILES string of the molecule is COc1ccccc1COc1ccc(C2=NC(C)(C)CO2)cc1. The fourth-order valence-corrected chi connectivity index (χ4v) is 2.41. The van der Waals surface area contributed by atoms with E-state index in [0.717, 1.165) is 22.6 Å². The third-order valence-electron chi connectivity index (χ3n) is 3.65. The van der Waals surface area contributed by atoms with Crippen molar-refractivity contribution in [3.05, 3.63) is 59.7 Å². The summed E-state index contributed by atoms with van der Waals surface area (Å²) in [6, 6.07) is 15.7. The van der Waals surface area contributed by atoms with Gasteiger partial charge < -0.3 is 14.2 Å². The van der Waals surface area contributed by atoms with Crippen molar-refractivity contribution >= 4 is 5.90 Å². The van der Waals surface area contributed by atoms with Crippen LogP contribution in [0.2, 0.25) is 0 Å². The molecule has 0 spiro atoms. The number of hydrogen-bond donors (Lipinski definition) is 0. The number of methoxy groups -OCH3 is 1. The maximum absolute atomic E-state index is 5.83. The van der Waals surface area contributed by atoms with Crippen molar-refractivity contribution < 1.29 is 14.2 Å². The number of aliphatic imine (C=N–C) groups is 1. The highest BCUT2D eigenvalue weighted by atomic mass is 16.5. The molecule has 4 heteroatoms. The fourth-order valence-electron chi connectivity index (χ4n) is 2.41. The molecule has 1 aliphatic heterocycles. The Balaban J connectivity index is 1.66. The number of hydrogen-bond acceptors (Lipinski definition) is 4. The average molecular weight is 311 g/mol. The molecule has 0 aromatic heterocycles. The zero-order valence-electron chi connectivity index (χ0n) is 13.7. The van der Waals surface area contributed by atoms with Gasteiger partial charge in [0, 0.05) is 11.1 Å². The first-order valence-electron chi connectivity index (χ1n) is 7.65. The molecule has 0 atom stereocenters. The van der Waals surface area contributed by atoms with Crippen molar-refractivity contribution in [2.45, 2.75) is 26.0 Å². The van der Waals surface area contributed by atoms with E-state index in [1.807, 2.05) is 48.5 Å². The number of ether oxygens (including phenoxy) is 3. The first kappa shape index (κ1) is 15.4. The molecule has 120 valence electrons. The van der Waals surface area contributed by atoms with E-state index in [2.05, 4.69) is 18.8 Å². The summed E-state index contributed by atoms with van der Waals surface area (Å²) >= 11 is 0. The molecule has 2 aromatic carbocycles. The van der Waals surface area contributed by atoms with Gasteiger partial charge in [0.05, 0.1) is 12.6 Å². The third-order valence-corrected chi connectivity index (χ3v) is 3.65. The summed E-state index contributed by atoms with van der Waals surface area (Å²) < 4.78 is 16.8. The van der Waals surface area contributed by atoms with Gasteiger partial charge in [-0.25, -0.2) is 4.99 Å². The fraction of sp³-hybridized carbons (Fsp3) is 0.316. The number of rotatable bonds is 5. The maximum atomic E-state index is 5.83. The van der Waals surface area contributed by atoms with Gasteiger partial charge in [0.1, 0.15) is 24.7 Å². The van der Waals surface area contributed by atoms with E-state index in [4.69, 9.17) is 14.2 Å². The van der Waals surface area contributed by atoms with Crippen LogP contribution in [-0.2, 0) is 11.3 Å². The van der Waals surface area contributed by atoms with E-state index < -0.39 is 0 Å². The highest BCUT2D eigenvalue weighted by Crippen LogP contribution is 2.23. The Morgan fingerprint density at radius 3 is 2.48 bits per heavy atom. The molecule has 23 heavy (non-hydrogen) atoms. The Kier molecular flexibility index (Phi) is 4.24. The summed E-state index contributed by atoms with van der Waals surface area (Å²) in [6.07, 6.45) is 0. The summed E-state index contributed by atoms with van der Waals surface area (Å²) in [5, 5.41) is 0. The predicted molar refractivity (Wildman–Crippen MR) is 90.3 cm³/mol. The first-order valence-corrected chi connectivity index (χ1v) is 7.65. The smallest absolute Gasteiger partial charge is 0.216 e. The second-order valence-electron chi connectivity index (χ2n) is 6.14. The summed E-state index contributed by atoms with van der Waals surface area (Å²) in [5.74, 6) is 2.34. The lowest BCUT2D eigenvalue weighted by Gasteiger charge is -2.10. The second kappa shape index (κ2) is 6.32. The molecule has 0 bridgehead atoms. The van der Waals surface area contributed by atoms with Crippen LogP contribution in [0.4, 0.5) is 0 Å². The lowest BCUT2D eigenvalue weighted by molar-refractivity contribution is 0.279. The van der Waals surface area contributed by atoms with Crippen molar-refractivity contribution in [2.24, 2.45) is 4.99 Å². The first-order chi connectivity index (χ1) is 11.1. The van der Waals surface area contributed by atoms with Crippen LogP contribution in [0.5, 0.6) is 11.5 Å². The molecule has 0 saturated heterocycles. The van der Waals surface area contributed by atoms with E-state index in [1.165, 1.54) is 0 Å². The van der Waals surface area contributed by atoms with Crippen LogP contribution in [0.1, 0.15) is 25.0 Å². The van der Waals surface area contributed by atoms with E-state index in [9.17, 15) is 0 Å². The Morgan fingerprint density at radius 1 is 1.09 bits per heavy atom. The molecular weight excluding hydrogens is 290 g/mol. The van der Waals surface area contributed by atoms with Crippen LogP contribution in [-0.4, -0.2) is 25.2 Å². The normalized spacial score (nSPS) is 15.7. The topological polar surface area (TPSA) is 40.0 Å². The minimum Gasteiger partial charge on any atom is -0.496 e. The standard InChI is InChI=1S/C19H21NO3/c1-19(2)13-23-18(20-19)14-8-10-16(11-9-14)22-12-15-6-4-5-7-17(15)21-3/h4-11H,12-13H2,1-3H3. The molecule has 0 N–H and O–H groups in total. The average Bonchev–Trinajstić information content (AvgIpc) is 2.93. The Hall–Kier alpha value is -2.49. The van der Waals surface area contributed by atoms with E-state index in [1.54, 1.807) is 7.11 Å². The summed E-state index contributed by atoms with van der Waals surface area (Å²) in [5.41, 5.74) is 1.85. The molecule has 0 amide bonds. The van der Waals surface area contributed by atoms with Gasteiger partial charge in [0.2, 0.25) is 5.90 Å². The molecule has 0 fully saturated rings. The van der Waals surface area contributed by atoms with Gasteiger partial charge in [0.25, 0.3) is 0 Å². The highest BCUT2D eigenvalue weighted by Gasteiger charge is 2.26. The minimum atomic E-state index is -0.144. The number of para-hydroxylation sites is 1. The van der Waals surface area contributed by atoms with Crippen LogP contribution in [0, 0.1) is 0 Å². The van der Waals surface area contributed by atoms with E-state index >= 15 is 0 Å². The van der Waals surface area contributed by atoms with Gasteiger partial charge in [-0.05, 0) is 44.2 Å².